The molecule has 68 valence electrons. The molecule has 3 nitrogen and oxygen atoms in total. The molecule has 0 bridgehead atoms. The summed E-state index contributed by atoms with van der Waals surface area (Å²) in [6.07, 6.45) is 3.28. The zero-order valence-electron chi connectivity index (χ0n) is 7.10. The Balaban J connectivity index is 0.000000845. The van der Waals surface area contributed by atoms with E-state index in [0.29, 0.717) is 0 Å². The lowest BCUT2D eigenvalue weighted by atomic mass is 10.2. The summed E-state index contributed by atoms with van der Waals surface area (Å²) in [6, 6.07) is 5.74. The molecule has 0 aliphatic heterocycles. The second-order valence-electron chi connectivity index (χ2n) is 2.42. The van der Waals surface area contributed by atoms with Gasteiger partial charge in [-0.1, -0.05) is 6.07 Å². The molecule has 0 amide bonds. The van der Waals surface area contributed by atoms with E-state index in [-0.39, 0.29) is 12.4 Å². The Hall–Kier alpha value is -1.35. The first-order valence-electron chi connectivity index (χ1n) is 3.64. The molecule has 0 saturated carbocycles. The zero-order valence-corrected chi connectivity index (χ0v) is 7.91. The van der Waals surface area contributed by atoms with Crippen LogP contribution >= 0.6 is 12.4 Å². The van der Waals surface area contributed by atoms with Crippen LogP contribution < -0.4 is 4.74 Å². The summed E-state index contributed by atoms with van der Waals surface area (Å²) in [7, 11) is 1.64. The highest BCUT2D eigenvalue weighted by atomic mass is 35.5. The fraction of sp³-hybridized carbons (Fsp3) is 0.111. The first-order chi connectivity index (χ1) is 5.92. The molecule has 4 heteroatoms. The summed E-state index contributed by atoms with van der Waals surface area (Å²) in [5.41, 5.74) is 0.907. The van der Waals surface area contributed by atoms with Crippen molar-refractivity contribution in [1.29, 1.82) is 0 Å². The van der Waals surface area contributed by atoms with Gasteiger partial charge < -0.3 is 4.74 Å². The normalized spacial score (nSPS) is 9.31. The minimum Gasteiger partial charge on any atom is -0.496 e. The van der Waals surface area contributed by atoms with Crippen molar-refractivity contribution >= 4 is 23.3 Å². The first kappa shape index (κ1) is 9.74. The molecular formula is C9H9ClN2O. The number of rotatable bonds is 1. The highest BCUT2D eigenvalue weighted by Gasteiger charge is 1.99. The lowest BCUT2D eigenvalue weighted by Gasteiger charge is -2.02. The molecule has 1 heterocycles. The van der Waals surface area contributed by atoms with Crippen LogP contribution in [0.4, 0.5) is 0 Å². The van der Waals surface area contributed by atoms with E-state index >= 15 is 0 Å². The Morgan fingerprint density at radius 3 is 2.92 bits per heavy atom. The van der Waals surface area contributed by atoms with Gasteiger partial charge in [-0.3, -0.25) is 0 Å². The van der Waals surface area contributed by atoms with Crippen LogP contribution in [0.25, 0.3) is 10.9 Å². The summed E-state index contributed by atoms with van der Waals surface area (Å²) >= 11 is 0. The Labute approximate surface area is 82.2 Å². The van der Waals surface area contributed by atoms with E-state index in [1.807, 2.05) is 18.2 Å². The molecule has 0 aliphatic carbocycles. The monoisotopic (exact) mass is 196 g/mol. The molecule has 2 rings (SSSR count). The topological polar surface area (TPSA) is 35.0 Å². The summed E-state index contributed by atoms with van der Waals surface area (Å²) in [4.78, 5) is 8.03. The molecule has 0 saturated heterocycles. The van der Waals surface area contributed by atoms with Crippen LogP contribution in [-0.4, -0.2) is 17.1 Å². The number of fused-ring (bicyclic) bond motifs is 1. The van der Waals surface area contributed by atoms with Gasteiger partial charge in [0.2, 0.25) is 0 Å². The number of ether oxygens (including phenoxy) is 1. The number of hydrogen-bond acceptors (Lipinski definition) is 3. The van der Waals surface area contributed by atoms with E-state index < -0.39 is 0 Å². The molecule has 1 aromatic carbocycles. The fourth-order valence-electron chi connectivity index (χ4n) is 1.16. The summed E-state index contributed by atoms with van der Waals surface area (Å²) in [5, 5.41) is 0.947. The van der Waals surface area contributed by atoms with Crippen molar-refractivity contribution in [3.63, 3.8) is 0 Å². The Morgan fingerprint density at radius 2 is 2.15 bits per heavy atom. The van der Waals surface area contributed by atoms with Crippen molar-refractivity contribution in [2.75, 3.05) is 7.11 Å². The van der Waals surface area contributed by atoms with Crippen molar-refractivity contribution < 1.29 is 4.74 Å². The van der Waals surface area contributed by atoms with Crippen molar-refractivity contribution in [1.82, 2.24) is 9.97 Å². The molecule has 0 atom stereocenters. The molecule has 13 heavy (non-hydrogen) atoms. The van der Waals surface area contributed by atoms with Crippen LogP contribution in [0.2, 0.25) is 0 Å². The van der Waals surface area contributed by atoms with Crippen LogP contribution in [0.1, 0.15) is 0 Å². The third-order valence-corrected chi connectivity index (χ3v) is 1.73. The highest BCUT2D eigenvalue weighted by Crippen LogP contribution is 2.21. The quantitative estimate of drug-likeness (QED) is 0.701. The lowest BCUT2D eigenvalue weighted by molar-refractivity contribution is 0.419. The SMILES string of the molecule is COc1cccc2ncncc12.Cl. The molecule has 0 aliphatic rings. The van der Waals surface area contributed by atoms with Crippen molar-refractivity contribution in [2.45, 2.75) is 0 Å². The van der Waals surface area contributed by atoms with Gasteiger partial charge in [-0.15, -0.1) is 12.4 Å². The first-order valence-corrected chi connectivity index (χ1v) is 3.64. The number of nitrogens with zero attached hydrogens (tertiary/aromatic N) is 2. The van der Waals surface area contributed by atoms with Crippen molar-refractivity contribution in [3.8, 4) is 5.75 Å². The van der Waals surface area contributed by atoms with E-state index in [4.69, 9.17) is 4.74 Å². The standard InChI is InChI=1S/C9H8N2O.ClH/c1-12-9-4-2-3-8-7(9)5-10-6-11-8;/h2-6H,1H3;1H. The largest absolute Gasteiger partial charge is 0.496 e. The predicted molar refractivity (Wildman–Crippen MR) is 53.3 cm³/mol. The predicted octanol–water partition coefficient (Wildman–Crippen LogP) is 2.06. The fourth-order valence-corrected chi connectivity index (χ4v) is 1.16. The van der Waals surface area contributed by atoms with E-state index in [1.54, 1.807) is 13.3 Å². The van der Waals surface area contributed by atoms with Gasteiger partial charge in [0.05, 0.1) is 18.0 Å². The van der Waals surface area contributed by atoms with Gasteiger partial charge in [0.1, 0.15) is 12.1 Å². The maximum atomic E-state index is 5.15. The number of benzene rings is 1. The average Bonchev–Trinajstić information content (AvgIpc) is 2.17. The lowest BCUT2D eigenvalue weighted by Crippen LogP contribution is -1.86. The highest BCUT2D eigenvalue weighted by molar-refractivity contribution is 5.85. The van der Waals surface area contributed by atoms with Gasteiger partial charge in [-0.25, -0.2) is 9.97 Å². The number of hydrogen-bond donors (Lipinski definition) is 0. The van der Waals surface area contributed by atoms with Gasteiger partial charge >= 0.3 is 0 Å². The van der Waals surface area contributed by atoms with E-state index in [2.05, 4.69) is 9.97 Å². The molecule has 0 spiro atoms. The van der Waals surface area contributed by atoms with Gasteiger partial charge in [-0.05, 0) is 12.1 Å². The Kier molecular flexibility index (Phi) is 3.03. The van der Waals surface area contributed by atoms with Gasteiger partial charge in [0.25, 0.3) is 0 Å². The van der Waals surface area contributed by atoms with E-state index in [0.717, 1.165) is 16.7 Å². The van der Waals surface area contributed by atoms with E-state index in [9.17, 15) is 0 Å². The van der Waals surface area contributed by atoms with Gasteiger partial charge in [0, 0.05) is 6.20 Å². The Morgan fingerprint density at radius 1 is 1.31 bits per heavy atom. The van der Waals surface area contributed by atoms with Gasteiger partial charge in [-0.2, -0.15) is 0 Å². The average molecular weight is 197 g/mol. The number of halogens is 1. The van der Waals surface area contributed by atoms with Crippen molar-refractivity contribution in [2.24, 2.45) is 0 Å². The summed E-state index contributed by atoms with van der Waals surface area (Å²) < 4.78 is 5.15. The zero-order chi connectivity index (χ0) is 8.39. The van der Waals surface area contributed by atoms with Crippen LogP contribution in [0, 0.1) is 0 Å². The molecule has 0 unspecified atom stereocenters. The van der Waals surface area contributed by atoms with E-state index in [1.165, 1.54) is 6.33 Å². The number of methoxy groups -OCH3 is 1. The van der Waals surface area contributed by atoms with Crippen LogP contribution in [0.5, 0.6) is 5.75 Å². The van der Waals surface area contributed by atoms with Gasteiger partial charge in [0.15, 0.2) is 0 Å². The van der Waals surface area contributed by atoms with Crippen LogP contribution in [0.15, 0.2) is 30.7 Å². The summed E-state index contributed by atoms with van der Waals surface area (Å²) in [6.45, 7) is 0. The van der Waals surface area contributed by atoms with Crippen LogP contribution in [-0.2, 0) is 0 Å². The molecule has 0 N–H and O–H groups in total. The molecular weight excluding hydrogens is 188 g/mol. The number of aromatic nitrogens is 2. The maximum Gasteiger partial charge on any atom is 0.129 e. The molecule has 0 fully saturated rings. The van der Waals surface area contributed by atoms with Crippen LogP contribution in [0.3, 0.4) is 0 Å². The minimum absolute atomic E-state index is 0. The third kappa shape index (κ3) is 1.70. The summed E-state index contributed by atoms with van der Waals surface area (Å²) in [5.74, 6) is 0.813. The maximum absolute atomic E-state index is 5.15. The smallest absolute Gasteiger partial charge is 0.129 e. The Bertz CT molecular complexity index is 400. The molecule has 2 aromatic rings. The minimum atomic E-state index is 0. The second kappa shape index (κ2) is 4.05. The second-order valence-corrected chi connectivity index (χ2v) is 2.42. The van der Waals surface area contributed by atoms with Crippen molar-refractivity contribution in [3.05, 3.63) is 30.7 Å². The third-order valence-electron chi connectivity index (χ3n) is 1.73. The molecule has 1 aromatic heterocycles. The molecule has 0 radical (unpaired) electrons.